The van der Waals surface area contributed by atoms with E-state index in [-0.39, 0.29) is 18.3 Å². The Balaban J connectivity index is 2.31. The highest BCUT2D eigenvalue weighted by molar-refractivity contribution is 4.96. The molecule has 0 bridgehead atoms. The zero-order valence-electron chi connectivity index (χ0n) is 8.55. The van der Waals surface area contributed by atoms with E-state index in [0.717, 1.165) is 25.7 Å². The molecule has 0 aromatic rings. The summed E-state index contributed by atoms with van der Waals surface area (Å²) in [4.78, 5) is 0. The van der Waals surface area contributed by atoms with Gasteiger partial charge < -0.3 is 5.11 Å². The molecule has 1 aliphatic carbocycles. The van der Waals surface area contributed by atoms with Crippen LogP contribution in [0.15, 0.2) is 11.8 Å². The molecule has 1 nitrogen and oxygen atoms in total. The molecule has 0 radical (unpaired) electrons. The van der Waals surface area contributed by atoms with Crippen molar-refractivity contribution in [3.05, 3.63) is 11.8 Å². The van der Waals surface area contributed by atoms with Crippen molar-refractivity contribution in [2.24, 2.45) is 11.8 Å². The average Bonchev–Trinajstić information content (AvgIpc) is 2.17. The van der Waals surface area contributed by atoms with E-state index in [1.165, 1.54) is 0 Å². The Hall–Kier alpha value is -0.600. The molecule has 0 aliphatic heterocycles. The molecule has 0 atom stereocenters. The number of allylic oxidation sites excluding steroid dienone is 2. The molecule has 1 rings (SSSR count). The monoisotopic (exact) mass is 204 g/mol. The molecule has 1 N–H and O–H groups in total. The van der Waals surface area contributed by atoms with Gasteiger partial charge in [0, 0.05) is 12.3 Å². The van der Waals surface area contributed by atoms with Gasteiger partial charge in [-0.1, -0.05) is 0 Å². The molecule has 0 aromatic carbocycles. The number of aliphatic hydroxyl groups is 1. The third-order valence-corrected chi connectivity index (χ3v) is 3.07. The Morgan fingerprint density at radius 3 is 2.36 bits per heavy atom. The highest BCUT2D eigenvalue weighted by Gasteiger charge is 2.25. The maximum atomic E-state index is 12.1. The van der Waals surface area contributed by atoms with Crippen LogP contribution < -0.4 is 0 Å². The van der Waals surface area contributed by atoms with Crippen molar-refractivity contribution in [2.75, 3.05) is 0 Å². The molecule has 1 fully saturated rings. The van der Waals surface area contributed by atoms with E-state index in [1.807, 2.05) is 0 Å². The normalized spacial score (nSPS) is 29.6. The second-order valence-corrected chi connectivity index (χ2v) is 4.06. The topological polar surface area (TPSA) is 20.2 Å². The minimum absolute atomic E-state index is 0.0311. The van der Waals surface area contributed by atoms with Crippen molar-refractivity contribution in [1.82, 2.24) is 0 Å². The van der Waals surface area contributed by atoms with Crippen LogP contribution in [0.25, 0.3) is 0 Å². The SMILES string of the molecule is CC=C(O)C1CCC(CC(F)F)CC1. The van der Waals surface area contributed by atoms with E-state index in [4.69, 9.17) is 0 Å². The highest BCUT2D eigenvalue weighted by atomic mass is 19.3. The van der Waals surface area contributed by atoms with Gasteiger partial charge in [0.2, 0.25) is 6.43 Å². The second-order valence-electron chi connectivity index (χ2n) is 4.06. The molecule has 1 saturated carbocycles. The number of alkyl halides is 2. The van der Waals surface area contributed by atoms with Gasteiger partial charge in [0.1, 0.15) is 0 Å². The number of rotatable bonds is 3. The minimum Gasteiger partial charge on any atom is -0.512 e. The lowest BCUT2D eigenvalue weighted by molar-refractivity contribution is 0.0966. The molecule has 1 aliphatic rings. The van der Waals surface area contributed by atoms with Gasteiger partial charge in [-0.15, -0.1) is 0 Å². The number of hydrogen-bond donors (Lipinski definition) is 1. The van der Waals surface area contributed by atoms with Gasteiger partial charge in [0.25, 0.3) is 0 Å². The van der Waals surface area contributed by atoms with Gasteiger partial charge in [-0.05, 0) is 44.6 Å². The quantitative estimate of drug-likeness (QED) is 0.691. The Morgan fingerprint density at radius 2 is 1.93 bits per heavy atom. The van der Waals surface area contributed by atoms with Crippen molar-refractivity contribution in [3.63, 3.8) is 0 Å². The summed E-state index contributed by atoms with van der Waals surface area (Å²) in [5.41, 5.74) is 0. The van der Waals surface area contributed by atoms with Gasteiger partial charge in [-0.3, -0.25) is 0 Å². The van der Waals surface area contributed by atoms with Gasteiger partial charge in [0.15, 0.2) is 0 Å². The van der Waals surface area contributed by atoms with Crippen LogP contribution in [0.5, 0.6) is 0 Å². The van der Waals surface area contributed by atoms with Gasteiger partial charge in [0.05, 0.1) is 5.76 Å². The molecule has 0 amide bonds. The first-order chi connectivity index (χ1) is 6.63. The lowest BCUT2D eigenvalue weighted by Gasteiger charge is -2.27. The summed E-state index contributed by atoms with van der Waals surface area (Å²) in [6.07, 6.45) is 2.93. The van der Waals surface area contributed by atoms with Crippen molar-refractivity contribution in [2.45, 2.75) is 45.5 Å². The molecule has 0 saturated heterocycles. The number of aliphatic hydroxyl groups excluding tert-OH is 1. The fraction of sp³-hybridized carbons (Fsp3) is 0.818. The van der Waals surface area contributed by atoms with Crippen LogP contribution >= 0.6 is 0 Å². The Morgan fingerprint density at radius 1 is 1.36 bits per heavy atom. The molecular weight excluding hydrogens is 186 g/mol. The van der Waals surface area contributed by atoms with E-state index in [2.05, 4.69) is 0 Å². The lowest BCUT2D eigenvalue weighted by Crippen LogP contribution is -2.17. The standard InChI is InChI=1S/C11H18F2O/c1-2-10(14)9-5-3-8(4-6-9)7-11(12)13/h2,8-9,11,14H,3-7H2,1H3. The third kappa shape index (κ3) is 3.28. The van der Waals surface area contributed by atoms with Crippen LogP contribution in [-0.2, 0) is 0 Å². The van der Waals surface area contributed by atoms with Crippen molar-refractivity contribution < 1.29 is 13.9 Å². The molecule has 0 spiro atoms. The van der Waals surface area contributed by atoms with Gasteiger partial charge >= 0.3 is 0 Å². The fourth-order valence-electron chi connectivity index (χ4n) is 2.18. The Bertz CT molecular complexity index is 193. The predicted molar refractivity (Wildman–Crippen MR) is 52.5 cm³/mol. The van der Waals surface area contributed by atoms with Crippen LogP contribution in [-0.4, -0.2) is 11.5 Å². The summed E-state index contributed by atoms with van der Waals surface area (Å²) in [6, 6.07) is 0. The maximum Gasteiger partial charge on any atom is 0.238 e. The van der Waals surface area contributed by atoms with E-state index in [0.29, 0.717) is 5.76 Å². The third-order valence-electron chi connectivity index (χ3n) is 3.07. The van der Waals surface area contributed by atoms with E-state index < -0.39 is 6.43 Å². The van der Waals surface area contributed by atoms with Crippen LogP contribution in [0.3, 0.4) is 0 Å². The molecule has 14 heavy (non-hydrogen) atoms. The summed E-state index contributed by atoms with van der Waals surface area (Å²) >= 11 is 0. The van der Waals surface area contributed by atoms with Crippen molar-refractivity contribution in [3.8, 4) is 0 Å². The Labute approximate surface area is 83.8 Å². The first kappa shape index (κ1) is 11.5. The maximum absolute atomic E-state index is 12.1. The summed E-state index contributed by atoms with van der Waals surface area (Å²) < 4.78 is 24.2. The summed E-state index contributed by atoms with van der Waals surface area (Å²) in [5.74, 6) is 0.810. The molecule has 82 valence electrons. The first-order valence-electron chi connectivity index (χ1n) is 5.26. The number of halogens is 2. The zero-order chi connectivity index (χ0) is 10.6. The first-order valence-corrected chi connectivity index (χ1v) is 5.26. The molecule has 0 aromatic heterocycles. The number of hydrogen-bond acceptors (Lipinski definition) is 1. The molecule has 3 heteroatoms. The van der Waals surface area contributed by atoms with E-state index in [1.54, 1.807) is 13.0 Å². The van der Waals surface area contributed by atoms with Gasteiger partial charge in [-0.25, -0.2) is 8.78 Å². The summed E-state index contributed by atoms with van der Waals surface area (Å²) in [7, 11) is 0. The molecule has 0 unspecified atom stereocenters. The van der Waals surface area contributed by atoms with Crippen LogP contribution in [0.1, 0.15) is 39.0 Å². The van der Waals surface area contributed by atoms with Crippen molar-refractivity contribution in [1.29, 1.82) is 0 Å². The van der Waals surface area contributed by atoms with Crippen LogP contribution in [0.2, 0.25) is 0 Å². The second kappa shape index (κ2) is 5.32. The fourth-order valence-corrected chi connectivity index (χ4v) is 2.18. The zero-order valence-corrected chi connectivity index (χ0v) is 8.55. The summed E-state index contributed by atoms with van der Waals surface area (Å²) in [6.45, 7) is 1.81. The van der Waals surface area contributed by atoms with E-state index >= 15 is 0 Å². The largest absolute Gasteiger partial charge is 0.512 e. The lowest BCUT2D eigenvalue weighted by atomic mass is 9.80. The predicted octanol–water partition coefficient (Wildman–Crippen LogP) is 3.91. The average molecular weight is 204 g/mol. The van der Waals surface area contributed by atoms with Crippen LogP contribution in [0.4, 0.5) is 8.78 Å². The molecular formula is C11H18F2O. The Kier molecular flexibility index (Phi) is 4.36. The van der Waals surface area contributed by atoms with Gasteiger partial charge in [-0.2, -0.15) is 0 Å². The molecule has 0 heterocycles. The summed E-state index contributed by atoms with van der Waals surface area (Å²) in [5, 5.41) is 9.46. The van der Waals surface area contributed by atoms with Crippen molar-refractivity contribution >= 4 is 0 Å². The smallest absolute Gasteiger partial charge is 0.238 e. The highest BCUT2D eigenvalue weighted by Crippen LogP contribution is 2.34. The van der Waals surface area contributed by atoms with Crippen LogP contribution in [0, 0.1) is 11.8 Å². The minimum atomic E-state index is -2.17. The van der Waals surface area contributed by atoms with E-state index in [9.17, 15) is 13.9 Å².